The maximum atomic E-state index is 6.08. The van der Waals surface area contributed by atoms with E-state index in [9.17, 15) is 0 Å². The summed E-state index contributed by atoms with van der Waals surface area (Å²) >= 11 is 0. The molecule has 0 unspecified atom stereocenters. The van der Waals surface area contributed by atoms with Gasteiger partial charge < -0.3 is 24.8 Å². The predicted molar refractivity (Wildman–Crippen MR) is 144 cm³/mol. The predicted octanol–water partition coefficient (Wildman–Crippen LogP) is 3.24. The molecule has 33 heavy (non-hydrogen) atoms. The van der Waals surface area contributed by atoms with Crippen molar-refractivity contribution in [2.24, 2.45) is 4.99 Å². The molecule has 1 aliphatic heterocycles. The number of aliphatic imine (C=N–C) groups is 1. The third-order valence-corrected chi connectivity index (χ3v) is 5.53. The van der Waals surface area contributed by atoms with Crippen LogP contribution >= 0.6 is 24.0 Å². The van der Waals surface area contributed by atoms with Crippen molar-refractivity contribution < 1.29 is 14.2 Å². The molecule has 2 N–H and O–H groups in total. The summed E-state index contributed by atoms with van der Waals surface area (Å²) < 4.78 is 17.0. The fraction of sp³-hybridized carbons (Fsp3) is 0.480. The molecule has 2 aromatic carbocycles. The average molecular weight is 569 g/mol. The lowest BCUT2D eigenvalue weighted by molar-refractivity contribution is 0.0322. The monoisotopic (exact) mass is 568 g/mol. The van der Waals surface area contributed by atoms with Crippen LogP contribution in [0.3, 0.4) is 0 Å². The largest absolute Gasteiger partial charge is 0.496 e. The second kappa shape index (κ2) is 15.0. The maximum Gasteiger partial charge on any atom is 0.191 e. The fourth-order valence-electron chi connectivity index (χ4n) is 3.72. The molecular formula is C25H37IN4O3. The van der Waals surface area contributed by atoms with Gasteiger partial charge >= 0.3 is 0 Å². The number of guanidine groups is 1. The molecule has 3 rings (SSSR count). The van der Waals surface area contributed by atoms with E-state index in [0.717, 1.165) is 68.8 Å². The molecule has 0 radical (unpaired) electrons. The Morgan fingerprint density at radius 3 is 2.61 bits per heavy atom. The third-order valence-electron chi connectivity index (χ3n) is 5.53. The summed E-state index contributed by atoms with van der Waals surface area (Å²) in [7, 11) is 3.50. The topological polar surface area (TPSA) is 67.4 Å². The summed E-state index contributed by atoms with van der Waals surface area (Å²) in [6.45, 7) is 8.65. The highest BCUT2D eigenvalue weighted by molar-refractivity contribution is 14.0. The smallest absolute Gasteiger partial charge is 0.191 e. The molecule has 0 bridgehead atoms. The number of morpholine rings is 1. The Kier molecular flexibility index (Phi) is 12.3. The van der Waals surface area contributed by atoms with Gasteiger partial charge in [-0.15, -0.1) is 24.0 Å². The second-order valence-electron chi connectivity index (χ2n) is 7.83. The Morgan fingerprint density at radius 1 is 1.06 bits per heavy atom. The molecule has 1 aliphatic rings. The number of nitrogens with zero attached hydrogens (tertiary/aromatic N) is 2. The Labute approximate surface area is 214 Å². The van der Waals surface area contributed by atoms with E-state index >= 15 is 0 Å². The number of aryl methyl sites for hydroxylation is 1. The minimum Gasteiger partial charge on any atom is -0.496 e. The van der Waals surface area contributed by atoms with Crippen LogP contribution in [0, 0.1) is 6.92 Å². The van der Waals surface area contributed by atoms with E-state index in [1.54, 1.807) is 14.2 Å². The summed E-state index contributed by atoms with van der Waals surface area (Å²) in [6, 6.07) is 14.4. The van der Waals surface area contributed by atoms with E-state index in [1.807, 2.05) is 24.3 Å². The molecular weight excluding hydrogens is 531 g/mol. The van der Waals surface area contributed by atoms with Crippen LogP contribution in [0.15, 0.2) is 47.5 Å². The van der Waals surface area contributed by atoms with Crippen molar-refractivity contribution in [1.29, 1.82) is 0 Å². The molecule has 0 aliphatic carbocycles. The summed E-state index contributed by atoms with van der Waals surface area (Å²) in [5, 5.41) is 6.78. The van der Waals surface area contributed by atoms with Gasteiger partial charge in [-0.2, -0.15) is 0 Å². The standard InChI is InChI=1S/C25H36N4O3.HI/c1-20-8-9-23(30-3)21(18-20)10-11-27-25(26-2)28-19-22-6-4-5-7-24(22)32-17-14-29-12-15-31-16-13-29;/h4-9,18H,10-17,19H2,1-3H3,(H2,26,27,28);1H. The van der Waals surface area contributed by atoms with E-state index in [-0.39, 0.29) is 24.0 Å². The van der Waals surface area contributed by atoms with Gasteiger partial charge in [-0.1, -0.05) is 35.9 Å². The molecule has 8 heteroatoms. The first-order chi connectivity index (χ1) is 15.7. The summed E-state index contributed by atoms with van der Waals surface area (Å²) in [4.78, 5) is 6.73. The molecule has 1 heterocycles. The molecule has 0 atom stereocenters. The maximum absolute atomic E-state index is 6.08. The van der Waals surface area contributed by atoms with Gasteiger partial charge in [-0.05, 0) is 31.0 Å². The van der Waals surface area contributed by atoms with E-state index in [0.29, 0.717) is 13.2 Å². The molecule has 182 valence electrons. The van der Waals surface area contributed by atoms with Crippen LogP contribution in [0.1, 0.15) is 16.7 Å². The van der Waals surface area contributed by atoms with Gasteiger partial charge in [0, 0.05) is 45.3 Å². The lowest BCUT2D eigenvalue weighted by Gasteiger charge is -2.26. The fourth-order valence-corrected chi connectivity index (χ4v) is 3.72. The zero-order valence-electron chi connectivity index (χ0n) is 19.9. The lowest BCUT2D eigenvalue weighted by atomic mass is 10.1. The normalized spacial score (nSPS) is 14.3. The molecule has 1 fully saturated rings. The number of rotatable bonds is 10. The molecule has 2 aromatic rings. The second-order valence-corrected chi connectivity index (χ2v) is 7.83. The van der Waals surface area contributed by atoms with E-state index < -0.39 is 0 Å². The van der Waals surface area contributed by atoms with Crippen molar-refractivity contribution in [3.05, 3.63) is 59.2 Å². The number of ether oxygens (including phenoxy) is 3. The highest BCUT2D eigenvalue weighted by Crippen LogP contribution is 2.20. The minimum atomic E-state index is 0. The first kappa shape index (κ1) is 27.2. The molecule has 0 amide bonds. The third kappa shape index (κ3) is 9.02. The van der Waals surface area contributed by atoms with Gasteiger partial charge in [0.2, 0.25) is 0 Å². The SMILES string of the molecule is CN=C(NCCc1cc(C)ccc1OC)NCc1ccccc1OCCN1CCOCC1.I. The first-order valence-electron chi connectivity index (χ1n) is 11.3. The zero-order valence-corrected chi connectivity index (χ0v) is 22.3. The van der Waals surface area contributed by atoms with Crippen molar-refractivity contribution in [3.8, 4) is 11.5 Å². The van der Waals surface area contributed by atoms with Crippen molar-refractivity contribution >= 4 is 29.9 Å². The lowest BCUT2D eigenvalue weighted by Crippen LogP contribution is -2.39. The number of nitrogens with one attached hydrogen (secondary N) is 2. The van der Waals surface area contributed by atoms with Gasteiger partial charge in [0.1, 0.15) is 18.1 Å². The van der Waals surface area contributed by atoms with Crippen LogP contribution in [0.2, 0.25) is 0 Å². The molecule has 0 spiro atoms. The molecule has 0 saturated carbocycles. The minimum absolute atomic E-state index is 0. The quantitative estimate of drug-likeness (QED) is 0.261. The summed E-state index contributed by atoms with van der Waals surface area (Å²) in [6.07, 6.45) is 0.854. The Balaban J connectivity index is 0.00000385. The average Bonchev–Trinajstić information content (AvgIpc) is 2.83. The van der Waals surface area contributed by atoms with Gasteiger partial charge in [0.25, 0.3) is 0 Å². The van der Waals surface area contributed by atoms with Gasteiger partial charge in [0.15, 0.2) is 5.96 Å². The van der Waals surface area contributed by atoms with Crippen LogP contribution in [0.4, 0.5) is 0 Å². The van der Waals surface area contributed by atoms with Crippen molar-refractivity contribution in [2.45, 2.75) is 19.9 Å². The number of para-hydroxylation sites is 1. The first-order valence-corrected chi connectivity index (χ1v) is 11.3. The highest BCUT2D eigenvalue weighted by atomic mass is 127. The van der Waals surface area contributed by atoms with E-state index in [4.69, 9.17) is 14.2 Å². The zero-order chi connectivity index (χ0) is 22.6. The van der Waals surface area contributed by atoms with E-state index in [1.165, 1.54) is 11.1 Å². The van der Waals surface area contributed by atoms with E-state index in [2.05, 4.69) is 45.6 Å². The van der Waals surface area contributed by atoms with Gasteiger partial charge in [-0.25, -0.2) is 0 Å². The Morgan fingerprint density at radius 2 is 1.85 bits per heavy atom. The molecule has 1 saturated heterocycles. The van der Waals surface area contributed by atoms with Crippen molar-refractivity contribution in [3.63, 3.8) is 0 Å². The van der Waals surface area contributed by atoms with Crippen LogP contribution in [0.25, 0.3) is 0 Å². The molecule has 0 aromatic heterocycles. The van der Waals surface area contributed by atoms with Gasteiger partial charge in [0.05, 0.1) is 20.3 Å². The van der Waals surface area contributed by atoms with Crippen LogP contribution in [-0.2, 0) is 17.7 Å². The number of halogens is 1. The van der Waals surface area contributed by atoms with Crippen molar-refractivity contribution in [2.75, 3.05) is 60.2 Å². The number of hydrogen-bond acceptors (Lipinski definition) is 5. The highest BCUT2D eigenvalue weighted by Gasteiger charge is 2.11. The van der Waals surface area contributed by atoms with Crippen LogP contribution < -0.4 is 20.1 Å². The Hall–Kier alpha value is -2.04. The summed E-state index contributed by atoms with van der Waals surface area (Å²) in [5.41, 5.74) is 3.53. The summed E-state index contributed by atoms with van der Waals surface area (Å²) in [5.74, 6) is 2.59. The number of hydrogen-bond donors (Lipinski definition) is 2. The molecule has 7 nitrogen and oxygen atoms in total. The number of methoxy groups -OCH3 is 1. The van der Waals surface area contributed by atoms with Gasteiger partial charge in [-0.3, -0.25) is 9.89 Å². The Bertz CT molecular complexity index is 872. The van der Waals surface area contributed by atoms with Crippen LogP contribution in [0.5, 0.6) is 11.5 Å². The van der Waals surface area contributed by atoms with Crippen molar-refractivity contribution in [1.82, 2.24) is 15.5 Å². The number of benzene rings is 2. The van der Waals surface area contributed by atoms with Crippen LogP contribution in [-0.4, -0.2) is 71.0 Å².